The Morgan fingerprint density at radius 3 is 2.73 bits per heavy atom. The number of oxazole rings is 1. The molecule has 0 aliphatic carbocycles. The van der Waals surface area contributed by atoms with Gasteiger partial charge in [-0.05, 0) is 6.42 Å². The van der Waals surface area contributed by atoms with Crippen LogP contribution in [0.1, 0.15) is 36.1 Å². The highest BCUT2D eigenvalue weighted by atomic mass is 32.2. The van der Waals surface area contributed by atoms with Crippen molar-refractivity contribution in [2.75, 3.05) is 33.1 Å². The number of aromatic nitrogens is 1. The van der Waals surface area contributed by atoms with Crippen LogP contribution < -0.4 is 0 Å². The lowest BCUT2D eigenvalue weighted by Gasteiger charge is -2.20. The quantitative estimate of drug-likeness (QED) is 0.589. The van der Waals surface area contributed by atoms with Crippen LogP contribution in [0.4, 0.5) is 0 Å². The maximum absolute atomic E-state index is 12.3. The fraction of sp³-hybridized carbons (Fsp3) is 0.692. The number of hydrogen-bond donors (Lipinski definition) is 0. The van der Waals surface area contributed by atoms with Gasteiger partial charge in [0, 0.05) is 13.7 Å². The maximum atomic E-state index is 12.3. The first kappa shape index (κ1) is 18.6. The molecule has 1 aromatic heterocycles. The Hall–Kier alpha value is -1.45. The smallest absolute Gasteiger partial charge is 0.360 e. The zero-order chi connectivity index (χ0) is 16.6. The predicted molar refractivity (Wildman–Crippen MR) is 78.8 cm³/mol. The molecule has 0 N–H and O–H groups in total. The van der Waals surface area contributed by atoms with Crippen molar-refractivity contribution < 1.29 is 27.1 Å². The summed E-state index contributed by atoms with van der Waals surface area (Å²) in [5.74, 6) is -0.443. The van der Waals surface area contributed by atoms with E-state index < -0.39 is 16.0 Å². The number of esters is 1. The van der Waals surface area contributed by atoms with Gasteiger partial charge in [0.25, 0.3) is 0 Å². The summed E-state index contributed by atoms with van der Waals surface area (Å²) < 4.78 is 40.5. The summed E-state index contributed by atoms with van der Waals surface area (Å²) >= 11 is 0. The number of unbranched alkanes of at least 4 members (excludes halogenated alkanes) is 1. The second kappa shape index (κ2) is 8.86. The Bertz CT molecular complexity index is 569. The lowest BCUT2D eigenvalue weighted by molar-refractivity contribution is 0.0594. The van der Waals surface area contributed by atoms with Crippen molar-refractivity contribution in [2.45, 2.75) is 26.3 Å². The van der Waals surface area contributed by atoms with Crippen LogP contribution in [0.2, 0.25) is 0 Å². The van der Waals surface area contributed by atoms with Crippen molar-refractivity contribution in [1.29, 1.82) is 0 Å². The Labute approximate surface area is 130 Å². The number of ether oxygens (including phenoxy) is 2. The normalized spacial score (nSPS) is 11.8. The second-order valence-electron chi connectivity index (χ2n) is 4.61. The Morgan fingerprint density at radius 1 is 1.41 bits per heavy atom. The van der Waals surface area contributed by atoms with Crippen LogP contribution in [0.3, 0.4) is 0 Å². The topological polar surface area (TPSA) is 98.9 Å². The van der Waals surface area contributed by atoms with Gasteiger partial charge in [-0.2, -0.15) is 4.31 Å². The molecule has 0 atom stereocenters. The van der Waals surface area contributed by atoms with E-state index >= 15 is 0 Å². The molecule has 1 heterocycles. The van der Waals surface area contributed by atoms with E-state index in [-0.39, 0.29) is 37.0 Å². The van der Waals surface area contributed by atoms with Gasteiger partial charge in [0.15, 0.2) is 5.69 Å². The van der Waals surface area contributed by atoms with Crippen molar-refractivity contribution in [3.05, 3.63) is 17.8 Å². The molecule has 0 fully saturated rings. The average Bonchev–Trinajstić information content (AvgIpc) is 2.97. The SMILES string of the molecule is CCCCS(=O)(=O)N(CCOC)Cc1nc(C(=O)OC)co1. The second-order valence-corrected chi connectivity index (χ2v) is 6.70. The molecule has 0 aliphatic rings. The molecular formula is C13H22N2O6S. The molecule has 0 saturated heterocycles. The van der Waals surface area contributed by atoms with E-state index in [0.717, 1.165) is 12.7 Å². The highest BCUT2D eigenvalue weighted by Gasteiger charge is 2.24. The van der Waals surface area contributed by atoms with Crippen LogP contribution in [0.15, 0.2) is 10.7 Å². The van der Waals surface area contributed by atoms with Gasteiger partial charge in [-0.15, -0.1) is 0 Å². The Balaban J connectivity index is 2.84. The number of methoxy groups -OCH3 is 2. The third kappa shape index (κ3) is 5.39. The van der Waals surface area contributed by atoms with Crippen LogP contribution >= 0.6 is 0 Å². The number of hydrogen-bond acceptors (Lipinski definition) is 7. The number of carbonyl (C=O) groups excluding carboxylic acids is 1. The molecular weight excluding hydrogens is 312 g/mol. The van der Waals surface area contributed by atoms with Crippen molar-refractivity contribution in [1.82, 2.24) is 9.29 Å². The molecule has 0 spiro atoms. The summed E-state index contributed by atoms with van der Waals surface area (Å²) in [4.78, 5) is 15.3. The van der Waals surface area contributed by atoms with Gasteiger partial charge in [-0.25, -0.2) is 18.2 Å². The molecule has 0 bridgehead atoms. The van der Waals surface area contributed by atoms with Crippen LogP contribution in [0, 0.1) is 0 Å². The van der Waals surface area contributed by atoms with Gasteiger partial charge in [-0.1, -0.05) is 13.3 Å². The van der Waals surface area contributed by atoms with Crippen molar-refractivity contribution >= 4 is 16.0 Å². The van der Waals surface area contributed by atoms with E-state index in [2.05, 4.69) is 9.72 Å². The van der Waals surface area contributed by atoms with Gasteiger partial charge in [0.1, 0.15) is 6.26 Å². The van der Waals surface area contributed by atoms with E-state index in [1.807, 2.05) is 6.92 Å². The largest absolute Gasteiger partial charge is 0.464 e. The minimum atomic E-state index is -3.43. The maximum Gasteiger partial charge on any atom is 0.360 e. The van der Waals surface area contributed by atoms with E-state index in [9.17, 15) is 13.2 Å². The molecule has 0 aliphatic heterocycles. The Morgan fingerprint density at radius 2 is 2.14 bits per heavy atom. The summed E-state index contributed by atoms with van der Waals surface area (Å²) in [7, 11) is -0.704. The fourth-order valence-corrected chi connectivity index (χ4v) is 3.27. The summed E-state index contributed by atoms with van der Waals surface area (Å²) in [5, 5.41) is 0. The van der Waals surface area contributed by atoms with E-state index in [0.29, 0.717) is 6.42 Å². The van der Waals surface area contributed by atoms with Crippen LogP contribution in [0.25, 0.3) is 0 Å². The molecule has 9 heteroatoms. The summed E-state index contributed by atoms with van der Waals surface area (Å²) in [5.41, 5.74) is 0.00940. The van der Waals surface area contributed by atoms with Crippen molar-refractivity contribution in [2.24, 2.45) is 0 Å². The summed E-state index contributed by atoms with van der Waals surface area (Å²) in [6.07, 6.45) is 2.50. The first-order valence-electron chi connectivity index (χ1n) is 6.94. The number of rotatable bonds is 10. The average molecular weight is 334 g/mol. The van der Waals surface area contributed by atoms with Crippen LogP contribution in [0.5, 0.6) is 0 Å². The number of sulfonamides is 1. The summed E-state index contributed by atoms with van der Waals surface area (Å²) in [6, 6.07) is 0. The monoisotopic (exact) mass is 334 g/mol. The van der Waals surface area contributed by atoms with Gasteiger partial charge in [-0.3, -0.25) is 0 Å². The zero-order valence-corrected chi connectivity index (χ0v) is 13.9. The molecule has 1 aromatic rings. The molecule has 0 aromatic carbocycles. The first-order chi connectivity index (χ1) is 10.4. The molecule has 22 heavy (non-hydrogen) atoms. The molecule has 0 saturated carbocycles. The molecule has 126 valence electrons. The van der Waals surface area contributed by atoms with Crippen LogP contribution in [-0.4, -0.2) is 56.8 Å². The number of nitrogens with zero attached hydrogens (tertiary/aromatic N) is 2. The first-order valence-corrected chi connectivity index (χ1v) is 8.55. The minimum Gasteiger partial charge on any atom is -0.464 e. The molecule has 0 radical (unpaired) electrons. The third-order valence-electron chi connectivity index (χ3n) is 2.95. The highest BCUT2D eigenvalue weighted by Crippen LogP contribution is 2.12. The van der Waals surface area contributed by atoms with Gasteiger partial charge >= 0.3 is 5.97 Å². The van der Waals surface area contributed by atoms with Gasteiger partial charge in [0.2, 0.25) is 15.9 Å². The van der Waals surface area contributed by atoms with Crippen molar-refractivity contribution in [3.8, 4) is 0 Å². The zero-order valence-electron chi connectivity index (χ0n) is 13.1. The molecule has 0 unspecified atom stereocenters. The van der Waals surface area contributed by atoms with Gasteiger partial charge in [0.05, 0.1) is 26.0 Å². The number of carbonyl (C=O) groups is 1. The van der Waals surface area contributed by atoms with Crippen LogP contribution in [-0.2, 0) is 26.0 Å². The molecule has 1 rings (SSSR count). The minimum absolute atomic E-state index is 0.00940. The summed E-state index contributed by atoms with van der Waals surface area (Å²) in [6.45, 7) is 2.33. The third-order valence-corrected chi connectivity index (χ3v) is 4.85. The lowest BCUT2D eigenvalue weighted by Crippen LogP contribution is -2.35. The standard InChI is InChI=1S/C13H22N2O6S/c1-4-5-8-22(17,18)15(6-7-19-2)9-12-14-11(10-21-12)13(16)20-3/h10H,4-9H2,1-3H3. The molecule has 8 nitrogen and oxygen atoms in total. The Kier molecular flexibility index (Phi) is 7.49. The predicted octanol–water partition coefficient (Wildman–Crippen LogP) is 1.04. The van der Waals surface area contributed by atoms with Gasteiger partial charge < -0.3 is 13.9 Å². The lowest BCUT2D eigenvalue weighted by atomic mass is 10.4. The van der Waals surface area contributed by atoms with E-state index in [1.54, 1.807) is 0 Å². The van der Waals surface area contributed by atoms with E-state index in [1.165, 1.54) is 18.5 Å². The van der Waals surface area contributed by atoms with E-state index in [4.69, 9.17) is 9.15 Å². The highest BCUT2D eigenvalue weighted by molar-refractivity contribution is 7.89. The van der Waals surface area contributed by atoms with Crippen molar-refractivity contribution in [3.63, 3.8) is 0 Å². The fourth-order valence-electron chi connectivity index (χ4n) is 1.70. The molecule has 0 amide bonds.